The largest absolute Gasteiger partial charge is 0.340 e. The molecule has 0 spiro atoms. The quantitative estimate of drug-likeness (QED) is 0.692. The van der Waals surface area contributed by atoms with Gasteiger partial charge >= 0.3 is 0 Å². The van der Waals surface area contributed by atoms with E-state index in [1.807, 2.05) is 18.2 Å². The molecule has 0 radical (unpaired) electrons. The van der Waals surface area contributed by atoms with Crippen molar-refractivity contribution in [1.82, 2.24) is 19.7 Å². The van der Waals surface area contributed by atoms with Crippen LogP contribution >= 0.6 is 22.9 Å². The molecule has 0 aromatic carbocycles. The van der Waals surface area contributed by atoms with Crippen molar-refractivity contribution in [3.05, 3.63) is 39.9 Å². The third kappa shape index (κ3) is 3.30. The highest BCUT2D eigenvalue weighted by molar-refractivity contribution is 7.18. The average Bonchev–Trinajstić information content (AvgIpc) is 3.21. The highest BCUT2D eigenvalue weighted by atomic mass is 35.5. The van der Waals surface area contributed by atoms with Gasteiger partial charge in [-0.25, -0.2) is 18.7 Å². The number of aromatic nitrogens is 3. The Kier molecular flexibility index (Phi) is 4.61. The van der Waals surface area contributed by atoms with Gasteiger partial charge in [-0.05, 0) is 25.0 Å². The molecule has 1 aliphatic carbocycles. The zero-order valence-electron chi connectivity index (χ0n) is 14.0. The lowest BCUT2D eigenvalue weighted by Crippen LogP contribution is -2.59. The van der Waals surface area contributed by atoms with Crippen molar-refractivity contribution < 1.29 is 13.6 Å². The van der Waals surface area contributed by atoms with Crippen molar-refractivity contribution in [2.45, 2.75) is 37.3 Å². The first-order valence-corrected chi connectivity index (χ1v) is 9.59. The number of carbonyl (C=O) groups is 1. The van der Waals surface area contributed by atoms with Crippen LogP contribution in [0, 0.1) is 0 Å². The van der Waals surface area contributed by atoms with E-state index < -0.39 is 23.9 Å². The summed E-state index contributed by atoms with van der Waals surface area (Å²) in [4.78, 5) is 21.0. The normalized spacial score (nSPS) is 22.1. The Bertz CT molecular complexity index is 1000. The Morgan fingerprint density at radius 3 is 3.04 bits per heavy atom. The van der Waals surface area contributed by atoms with Crippen LogP contribution in [0.3, 0.4) is 0 Å². The smallest absolute Gasteiger partial charge is 0.280 e. The van der Waals surface area contributed by atoms with Crippen molar-refractivity contribution in [3.63, 3.8) is 0 Å². The molecule has 3 aromatic heterocycles. The van der Waals surface area contributed by atoms with E-state index in [9.17, 15) is 13.6 Å². The minimum atomic E-state index is -3.04. The molecule has 0 saturated heterocycles. The Hall–Kier alpha value is -2.10. The molecule has 142 valence electrons. The fourth-order valence-corrected chi connectivity index (χ4v) is 4.35. The topological polar surface area (TPSA) is 85.3 Å². The van der Waals surface area contributed by atoms with Gasteiger partial charge in [-0.15, -0.1) is 0 Å². The first-order chi connectivity index (χ1) is 12.9. The minimum absolute atomic E-state index is 0.00875. The number of nitrogens with zero attached hydrogens (tertiary/aromatic N) is 3. The summed E-state index contributed by atoms with van der Waals surface area (Å²) in [6.07, 6.45) is 3.88. The minimum Gasteiger partial charge on any atom is -0.340 e. The van der Waals surface area contributed by atoms with Crippen LogP contribution in [0.25, 0.3) is 17.0 Å². The van der Waals surface area contributed by atoms with Crippen LogP contribution < -0.4 is 11.1 Å². The third-order valence-electron chi connectivity index (χ3n) is 4.66. The maximum absolute atomic E-state index is 14.1. The van der Waals surface area contributed by atoms with E-state index in [-0.39, 0.29) is 15.8 Å². The Morgan fingerprint density at radius 1 is 1.44 bits per heavy atom. The summed E-state index contributed by atoms with van der Waals surface area (Å²) in [6, 6.07) is 3.29. The van der Waals surface area contributed by atoms with Gasteiger partial charge in [0.15, 0.2) is 5.01 Å². The SMILES string of the molecule is N[C@H]1CCCC(F)(F)C1NC(=O)c1nc(-c2cnc3ccccn23)c(Cl)s1. The zero-order chi connectivity index (χ0) is 19.2. The number of pyridine rings is 1. The van der Waals surface area contributed by atoms with Crippen molar-refractivity contribution in [3.8, 4) is 11.4 Å². The average molecular weight is 412 g/mol. The van der Waals surface area contributed by atoms with Gasteiger partial charge in [0, 0.05) is 18.7 Å². The summed E-state index contributed by atoms with van der Waals surface area (Å²) in [6.45, 7) is 0. The second-order valence-electron chi connectivity index (χ2n) is 6.48. The van der Waals surface area contributed by atoms with Crippen LogP contribution in [-0.2, 0) is 0 Å². The predicted molar refractivity (Wildman–Crippen MR) is 99.3 cm³/mol. The lowest BCUT2D eigenvalue weighted by atomic mass is 9.87. The van der Waals surface area contributed by atoms with E-state index in [1.165, 1.54) is 0 Å². The molecule has 27 heavy (non-hydrogen) atoms. The van der Waals surface area contributed by atoms with Gasteiger partial charge in [0.1, 0.15) is 21.7 Å². The summed E-state index contributed by atoms with van der Waals surface area (Å²) < 4.78 is 30.3. The number of thiazole rings is 1. The number of imidazole rings is 1. The van der Waals surface area contributed by atoms with Gasteiger partial charge in [-0.3, -0.25) is 9.20 Å². The molecular weight excluding hydrogens is 396 g/mol. The molecule has 0 bridgehead atoms. The molecule has 1 fully saturated rings. The molecule has 10 heteroatoms. The van der Waals surface area contributed by atoms with Gasteiger partial charge < -0.3 is 11.1 Å². The molecule has 3 heterocycles. The fourth-order valence-electron chi connectivity index (χ4n) is 3.29. The van der Waals surface area contributed by atoms with Crippen LogP contribution in [0.2, 0.25) is 4.34 Å². The molecule has 3 aromatic rings. The molecule has 1 saturated carbocycles. The lowest BCUT2D eigenvalue weighted by Gasteiger charge is -2.36. The fraction of sp³-hybridized carbons (Fsp3) is 0.353. The molecule has 1 amide bonds. The molecule has 3 N–H and O–H groups in total. The Morgan fingerprint density at radius 2 is 2.26 bits per heavy atom. The number of rotatable bonds is 3. The third-order valence-corrected chi connectivity index (χ3v) is 5.91. The summed E-state index contributed by atoms with van der Waals surface area (Å²) >= 11 is 7.21. The molecular formula is C17H16ClF2N5OS. The first-order valence-electron chi connectivity index (χ1n) is 8.40. The van der Waals surface area contributed by atoms with Crippen LogP contribution in [0.5, 0.6) is 0 Å². The monoisotopic (exact) mass is 411 g/mol. The van der Waals surface area contributed by atoms with Crippen molar-refractivity contribution in [1.29, 1.82) is 0 Å². The van der Waals surface area contributed by atoms with Gasteiger partial charge in [0.25, 0.3) is 11.8 Å². The predicted octanol–water partition coefficient (Wildman–Crippen LogP) is 3.36. The number of halogens is 3. The van der Waals surface area contributed by atoms with E-state index in [1.54, 1.807) is 16.8 Å². The first kappa shape index (κ1) is 18.3. The number of nitrogens with two attached hydrogens (primary N) is 1. The molecule has 2 atom stereocenters. The highest BCUT2D eigenvalue weighted by Crippen LogP contribution is 2.35. The van der Waals surface area contributed by atoms with Gasteiger partial charge in [-0.1, -0.05) is 29.0 Å². The maximum Gasteiger partial charge on any atom is 0.280 e. The second kappa shape index (κ2) is 6.81. The maximum atomic E-state index is 14.1. The van der Waals surface area contributed by atoms with Crippen LogP contribution in [0.15, 0.2) is 30.6 Å². The number of fused-ring (bicyclic) bond motifs is 1. The number of carbonyl (C=O) groups excluding carboxylic acids is 1. The molecule has 4 rings (SSSR count). The summed E-state index contributed by atoms with van der Waals surface area (Å²) in [5.74, 6) is -3.75. The number of alkyl halides is 2. The molecule has 6 nitrogen and oxygen atoms in total. The van der Waals surface area contributed by atoms with E-state index in [0.29, 0.717) is 29.9 Å². The molecule has 1 aliphatic rings. The number of hydrogen-bond donors (Lipinski definition) is 2. The van der Waals surface area contributed by atoms with Gasteiger partial charge in [0.05, 0.1) is 11.9 Å². The Labute approximate surface area is 162 Å². The number of amides is 1. The van der Waals surface area contributed by atoms with E-state index in [0.717, 1.165) is 11.3 Å². The van der Waals surface area contributed by atoms with Gasteiger partial charge in [-0.2, -0.15) is 0 Å². The number of nitrogens with one attached hydrogen (secondary N) is 1. The van der Waals surface area contributed by atoms with Crippen LogP contribution in [-0.4, -0.2) is 38.3 Å². The van der Waals surface area contributed by atoms with Gasteiger partial charge in [0.2, 0.25) is 0 Å². The Balaban J connectivity index is 1.62. The summed E-state index contributed by atoms with van der Waals surface area (Å²) in [5.41, 5.74) is 7.51. The van der Waals surface area contributed by atoms with Crippen molar-refractivity contribution >= 4 is 34.5 Å². The number of hydrogen-bond acceptors (Lipinski definition) is 5. The van der Waals surface area contributed by atoms with E-state index >= 15 is 0 Å². The van der Waals surface area contributed by atoms with Crippen molar-refractivity contribution in [2.75, 3.05) is 0 Å². The van der Waals surface area contributed by atoms with E-state index in [4.69, 9.17) is 17.3 Å². The molecule has 0 aliphatic heterocycles. The van der Waals surface area contributed by atoms with E-state index in [2.05, 4.69) is 15.3 Å². The lowest BCUT2D eigenvalue weighted by molar-refractivity contribution is -0.0674. The highest BCUT2D eigenvalue weighted by Gasteiger charge is 2.46. The zero-order valence-corrected chi connectivity index (χ0v) is 15.6. The second-order valence-corrected chi connectivity index (χ2v) is 8.08. The standard InChI is InChI=1S/C17H16ClF2N5OS/c18-14-12(10-8-22-11-5-1-2-7-25(10)11)23-16(27-14)15(26)24-13-9(21)4-3-6-17(13,19)20/h1-2,5,7-9,13H,3-4,6,21H2,(H,24,26)/t9-,13?/m0/s1. The van der Waals surface area contributed by atoms with Crippen molar-refractivity contribution in [2.24, 2.45) is 5.73 Å². The summed E-state index contributed by atoms with van der Waals surface area (Å²) in [7, 11) is 0. The molecule has 1 unspecified atom stereocenters. The van der Waals surface area contributed by atoms with Crippen LogP contribution in [0.4, 0.5) is 8.78 Å². The van der Waals surface area contributed by atoms with Crippen LogP contribution in [0.1, 0.15) is 29.1 Å². The summed E-state index contributed by atoms with van der Waals surface area (Å²) in [5, 5.41) is 2.36.